The molecule has 0 amide bonds. The molecule has 0 aliphatic heterocycles. The van der Waals surface area contributed by atoms with Crippen LogP contribution in [0.25, 0.3) is 0 Å². The first-order valence-corrected chi connectivity index (χ1v) is 7.35. The molecular formula is C14H20Cl2N2. The summed E-state index contributed by atoms with van der Waals surface area (Å²) in [5.41, 5.74) is 1.07. The van der Waals surface area contributed by atoms with Gasteiger partial charge in [-0.25, -0.2) is 0 Å². The van der Waals surface area contributed by atoms with E-state index in [1.54, 1.807) is 0 Å². The van der Waals surface area contributed by atoms with E-state index < -0.39 is 0 Å². The predicted molar refractivity (Wildman–Crippen MR) is 78.4 cm³/mol. The number of hydrogen-bond acceptors (Lipinski definition) is 2. The van der Waals surface area contributed by atoms with Gasteiger partial charge in [0.2, 0.25) is 0 Å². The van der Waals surface area contributed by atoms with Gasteiger partial charge >= 0.3 is 0 Å². The first-order chi connectivity index (χ1) is 8.70. The third-order valence-electron chi connectivity index (χ3n) is 3.37. The lowest BCUT2D eigenvalue weighted by Crippen LogP contribution is -2.33. The number of halogens is 2. The molecule has 1 fully saturated rings. The largest absolute Gasteiger partial charge is 0.311 e. The van der Waals surface area contributed by atoms with Crippen LogP contribution in [0.1, 0.15) is 25.3 Å². The summed E-state index contributed by atoms with van der Waals surface area (Å²) in [6.07, 6.45) is 2.74. The summed E-state index contributed by atoms with van der Waals surface area (Å²) in [6, 6.07) is 6.43. The molecule has 18 heavy (non-hydrogen) atoms. The number of benzene rings is 1. The zero-order chi connectivity index (χ0) is 13.0. The Morgan fingerprint density at radius 2 is 2.11 bits per heavy atom. The van der Waals surface area contributed by atoms with Crippen molar-refractivity contribution < 1.29 is 0 Å². The van der Waals surface area contributed by atoms with Gasteiger partial charge in [0.25, 0.3) is 0 Å². The SMILES string of the molecule is CCN(CCNCc1cc(Cl)ccc1Cl)C1CC1. The van der Waals surface area contributed by atoms with E-state index in [1.807, 2.05) is 18.2 Å². The average molecular weight is 287 g/mol. The molecular weight excluding hydrogens is 267 g/mol. The number of likely N-dealkylation sites (N-methyl/N-ethyl adjacent to an activating group) is 1. The maximum atomic E-state index is 6.12. The molecule has 1 aliphatic carbocycles. The van der Waals surface area contributed by atoms with E-state index in [-0.39, 0.29) is 0 Å². The normalized spacial score (nSPS) is 15.3. The highest BCUT2D eigenvalue weighted by Gasteiger charge is 2.26. The van der Waals surface area contributed by atoms with Crippen LogP contribution >= 0.6 is 23.2 Å². The van der Waals surface area contributed by atoms with Crippen LogP contribution in [0.3, 0.4) is 0 Å². The lowest BCUT2D eigenvalue weighted by atomic mass is 10.2. The molecule has 0 heterocycles. The number of nitrogens with zero attached hydrogens (tertiary/aromatic N) is 1. The minimum Gasteiger partial charge on any atom is -0.311 e. The monoisotopic (exact) mass is 286 g/mol. The van der Waals surface area contributed by atoms with Crippen molar-refractivity contribution >= 4 is 23.2 Å². The fraction of sp³-hybridized carbons (Fsp3) is 0.571. The summed E-state index contributed by atoms with van der Waals surface area (Å²) in [7, 11) is 0. The molecule has 0 spiro atoms. The lowest BCUT2D eigenvalue weighted by Gasteiger charge is -2.19. The summed E-state index contributed by atoms with van der Waals surface area (Å²) >= 11 is 12.1. The molecule has 2 rings (SSSR count). The Kier molecular flexibility index (Phi) is 5.31. The van der Waals surface area contributed by atoms with E-state index in [0.717, 1.165) is 47.8 Å². The Hall–Kier alpha value is -0.280. The first-order valence-electron chi connectivity index (χ1n) is 6.59. The summed E-state index contributed by atoms with van der Waals surface area (Å²) < 4.78 is 0. The number of hydrogen-bond donors (Lipinski definition) is 1. The van der Waals surface area contributed by atoms with Crippen LogP contribution in [0, 0.1) is 0 Å². The highest BCUT2D eigenvalue weighted by atomic mass is 35.5. The topological polar surface area (TPSA) is 15.3 Å². The summed E-state index contributed by atoms with van der Waals surface area (Å²) in [5.74, 6) is 0. The molecule has 0 saturated heterocycles. The highest BCUT2D eigenvalue weighted by molar-refractivity contribution is 6.33. The first kappa shape index (κ1) is 14.1. The molecule has 1 aromatic rings. The van der Waals surface area contributed by atoms with E-state index in [1.165, 1.54) is 12.8 Å². The molecule has 0 unspecified atom stereocenters. The second-order valence-electron chi connectivity index (χ2n) is 4.77. The predicted octanol–water partition coefficient (Wildman–Crippen LogP) is 3.57. The highest BCUT2D eigenvalue weighted by Crippen LogP contribution is 2.26. The lowest BCUT2D eigenvalue weighted by molar-refractivity contribution is 0.277. The Balaban J connectivity index is 1.72. The maximum Gasteiger partial charge on any atom is 0.0451 e. The van der Waals surface area contributed by atoms with Gasteiger partial charge in [-0.2, -0.15) is 0 Å². The molecule has 1 aliphatic rings. The van der Waals surface area contributed by atoms with Crippen molar-refractivity contribution in [2.75, 3.05) is 19.6 Å². The molecule has 1 aromatic carbocycles. The van der Waals surface area contributed by atoms with Gasteiger partial charge in [0.1, 0.15) is 0 Å². The van der Waals surface area contributed by atoms with Crippen molar-refractivity contribution in [3.8, 4) is 0 Å². The molecule has 0 radical (unpaired) electrons. The van der Waals surface area contributed by atoms with Crippen LogP contribution in [-0.4, -0.2) is 30.6 Å². The van der Waals surface area contributed by atoms with Gasteiger partial charge < -0.3 is 5.32 Å². The van der Waals surface area contributed by atoms with Crippen LogP contribution in [-0.2, 0) is 6.54 Å². The van der Waals surface area contributed by atoms with Gasteiger partial charge in [-0.3, -0.25) is 4.90 Å². The minimum atomic E-state index is 0.740. The molecule has 1 saturated carbocycles. The van der Waals surface area contributed by atoms with Gasteiger partial charge in [0.15, 0.2) is 0 Å². The van der Waals surface area contributed by atoms with E-state index in [2.05, 4.69) is 17.1 Å². The zero-order valence-electron chi connectivity index (χ0n) is 10.8. The van der Waals surface area contributed by atoms with Crippen LogP contribution in [0.15, 0.2) is 18.2 Å². The van der Waals surface area contributed by atoms with Crippen molar-refractivity contribution in [1.29, 1.82) is 0 Å². The summed E-state index contributed by atoms with van der Waals surface area (Å²) in [4.78, 5) is 2.53. The molecule has 1 N–H and O–H groups in total. The summed E-state index contributed by atoms with van der Waals surface area (Å²) in [5, 5.41) is 4.95. The van der Waals surface area contributed by atoms with Crippen molar-refractivity contribution in [3.05, 3.63) is 33.8 Å². The molecule has 0 bridgehead atoms. The van der Waals surface area contributed by atoms with Gasteiger partial charge in [0, 0.05) is 35.7 Å². The third-order valence-corrected chi connectivity index (χ3v) is 3.97. The van der Waals surface area contributed by atoms with Crippen LogP contribution < -0.4 is 5.32 Å². The Morgan fingerprint density at radius 3 is 2.78 bits per heavy atom. The number of rotatable bonds is 7. The van der Waals surface area contributed by atoms with Gasteiger partial charge in [-0.1, -0.05) is 30.1 Å². The zero-order valence-corrected chi connectivity index (χ0v) is 12.3. The molecule has 0 aromatic heterocycles. The van der Waals surface area contributed by atoms with Gasteiger partial charge in [-0.05, 0) is 43.1 Å². The van der Waals surface area contributed by atoms with E-state index in [0.29, 0.717) is 0 Å². The minimum absolute atomic E-state index is 0.740. The van der Waals surface area contributed by atoms with Crippen molar-refractivity contribution in [3.63, 3.8) is 0 Å². The van der Waals surface area contributed by atoms with Crippen molar-refractivity contribution in [1.82, 2.24) is 10.2 Å². The molecule has 4 heteroatoms. The van der Waals surface area contributed by atoms with E-state index in [9.17, 15) is 0 Å². The van der Waals surface area contributed by atoms with Gasteiger partial charge in [-0.15, -0.1) is 0 Å². The fourth-order valence-electron chi connectivity index (χ4n) is 2.16. The second-order valence-corrected chi connectivity index (χ2v) is 5.62. The average Bonchev–Trinajstić information content (AvgIpc) is 3.18. The smallest absolute Gasteiger partial charge is 0.0451 e. The second kappa shape index (κ2) is 6.76. The van der Waals surface area contributed by atoms with Crippen LogP contribution in [0.5, 0.6) is 0 Å². The standard InChI is InChI=1S/C14H20Cl2N2/c1-2-18(13-4-5-13)8-7-17-10-11-9-12(15)3-6-14(11)16/h3,6,9,13,17H,2,4-5,7-8,10H2,1H3. The Bertz CT molecular complexity index is 391. The summed E-state index contributed by atoms with van der Waals surface area (Å²) in [6.45, 7) is 6.25. The van der Waals surface area contributed by atoms with E-state index >= 15 is 0 Å². The molecule has 0 atom stereocenters. The molecule has 2 nitrogen and oxygen atoms in total. The van der Waals surface area contributed by atoms with E-state index in [4.69, 9.17) is 23.2 Å². The van der Waals surface area contributed by atoms with Crippen molar-refractivity contribution in [2.24, 2.45) is 0 Å². The van der Waals surface area contributed by atoms with Crippen LogP contribution in [0.4, 0.5) is 0 Å². The van der Waals surface area contributed by atoms with Crippen molar-refractivity contribution in [2.45, 2.75) is 32.4 Å². The fourth-order valence-corrected chi connectivity index (χ4v) is 2.54. The maximum absolute atomic E-state index is 6.12. The van der Waals surface area contributed by atoms with Gasteiger partial charge in [0.05, 0.1) is 0 Å². The molecule has 100 valence electrons. The number of nitrogens with one attached hydrogen (secondary N) is 1. The quantitative estimate of drug-likeness (QED) is 0.771. The Labute approximate surface area is 119 Å². The van der Waals surface area contributed by atoms with Crippen LogP contribution in [0.2, 0.25) is 10.0 Å². The Morgan fingerprint density at radius 1 is 1.33 bits per heavy atom. The third kappa shape index (κ3) is 4.13.